The molecular weight excluding hydrogens is 324 g/mol. The Bertz CT molecular complexity index is 291. The van der Waals surface area contributed by atoms with Gasteiger partial charge in [0.1, 0.15) is 0 Å². The summed E-state index contributed by atoms with van der Waals surface area (Å²) in [4.78, 5) is 11.2. The molecular formula is C23H46O3. The molecule has 0 spiro atoms. The molecule has 3 nitrogen and oxygen atoms in total. The number of methoxy groups -OCH3 is 1. The smallest absolute Gasteiger partial charge is 0.310 e. The topological polar surface area (TPSA) is 35.5 Å². The number of ether oxygens (including phenoxy) is 2. The largest absolute Gasteiger partial charge is 0.469 e. The average Bonchev–Trinajstić information content (AvgIpc) is 2.66. The number of hydrogen-bond acceptors (Lipinski definition) is 3. The van der Waals surface area contributed by atoms with E-state index >= 15 is 0 Å². The summed E-state index contributed by atoms with van der Waals surface area (Å²) in [5.74, 6) is -0.335. The third kappa shape index (κ3) is 18.2. The van der Waals surface area contributed by atoms with Crippen LogP contribution < -0.4 is 0 Å². The van der Waals surface area contributed by atoms with Gasteiger partial charge in [-0.25, -0.2) is 0 Å². The highest BCUT2D eigenvalue weighted by atomic mass is 16.5. The van der Waals surface area contributed by atoms with E-state index in [2.05, 4.69) is 11.7 Å². The van der Waals surface area contributed by atoms with Crippen molar-refractivity contribution in [2.24, 2.45) is 5.92 Å². The van der Waals surface area contributed by atoms with Crippen LogP contribution in [-0.4, -0.2) is 26.3 Å². The van der Waals surface area contributed by atoms with Gasteiger partial charge in [0.25, 0.3) is 0 Å². The predicted octanol–water partition coefficient (Wildman–Crippen LogP) is 7.07. The van der Waals surface area contributed by atoms with E-state index in [1.165, 1.54) is 103 Å². The van der Waals surface area contributed by atoms with E-state index in [9.17, 15) is 4.79 Å². The Balaban J connectivity index is 3.08. The SMILES string of the molecule is CCCCCCCCCCCCCCCCCCOCC(C)C(=O)OC. The lowest BCUT2D eigenvalue weighted by atomic mass is 10.0. The Morgan fingerprint density at radius 2 is 1.08 bits per heavy atom. The van der Waals surface area contributed by atoms with Crippen molar-refractivity contribution in [3.63, 3.8) is 0 Å². The van der Waals surface area contributed by atoms with Crippen molar-refractivity contribution < 1.29 is 14.3 Å². The molecule has 0 aliphatic heterocycles. The molecule has 0 rings (SSSR count). The van der Waals surface area contributed by atoms with E-state index in [1.54, 1.807) is 0 Å². The minimum absolute atomic E-state index is 0.152. The van der Waals surface area contributed by atoms with Crippen molar-refractivity contribution in [1.82, 2.24) is 0 Å². The standard InChI is InChI=1S/C23H46O3/c1-4-5-6-7-8-9-10-11-12-13-14-15-16-17-18-19-20-26-21-22(2)23(24)25-3/h22H,4-21H2,1-3H3. The predicted molar refractivity (Wildman–Crippen MR) is 112 cm³/mol. The first kappa shape index (κ1) is 25.4. The molecule has 0 radical (unpaired) electrons. The molecule has 0 aromatic carbocycles. The highest BCUT2D eigenvalue weighted by Gasteiger charge is 2.12. The van der Waals surface area contributed by atoms with Crippen LogP contribution in [0.1, 0.15) is 117 Å². The summed E-state index contributed by atoms with van der Waals surface area (Å²) in [6, 6.07) is 0. The highest BCUT2D eigenvalue weighted by molar-refractivity contribution is 5.71. The molecule has 0 bridgehead atoms. The molecule has 0 saturated heterocycles. The summed E-state index contributed by atoms with van der Waals surface area (Å²) in [6.45, 7) is 5.37. The van der Waals surface area contributed by atoms with E-state index in [-0.39, 0.29) is 11.9 Å². The maximum atomic E-state index is 11.2. The fourth-order valence-electron chi connectivity index (χ4n) is 3.28. The normalized spacial score (nSPS) is 12.3. The van der Waals surface area contributed by atoms with Gasteiger partial charge in [-0.3, -0.25) is 4.79 Å². The van der Waals surface area contributed by atoms with Crippen LogP contribution >= 0.6 is 0 Å². The Hall–Kier alpha value is -0.570. The first-order valence-electron chi connectivity index (χ1n) is 11.4. The van der Waals surface area contributed by atoms with Crippen molar-refractivity contribution in [3.05, 3.63) is 0 Å². The summed E-state index contributed by atoms with van der Waals surface area (Å²) in [5, 5.41) is 0. The Morgan fingerprint density at radius 1 is 0.692 bits per heavy atom. The fourth-order valence-corrected chi connectivity index (χ4v) is 3.28. The van der Waals surface area contributed by atoms with Crippen LogP contribution in [0.5, 0.6) is 0 Å². The lowest BCUT2D eigenvalue weighted by Crippen LogP contribution is -2.18. The van der Waals surface area contributed by atoms with Gasteiger partial charge in [0.05, 0.1) is 19.6 Å². The number of carbonyl (C=O) groups excluding carboxylic acids is 1. The Kier molecular flexibility index (Phi) is 20.3. The van der Waals surface area contributed by atoms with Crippen molar-refractivity contribution in [2.45, 2.75) is 117 Å². The van der Waals surface area contributed by atoms with Gasteiger partial charge >= 0.3 is 5.97 Å². The Labute approximate surface area is 163 Å². The molecule has 0 N–H and O–H groups in total. The maximum absolute atomic E-state index is 11.2. The van der Waals surface area contributed by atoms with Crippen LogP contribution in [0.2, 0.25) is 0 Å². The molecule has 0 aliphatic carbocycles. The monoisotopic (exact) mass is 370 g/mol. The van der Waals surface area contributed by atoms with E-state index in [0.717, 1.165) is 13.0 Å². The number of carbonyl (C=O) groups is 1. The van der Waals surface area contributed by atoms with Crippen LogP contribution in [0.3, 0.4) is 0 Å². The molecule has 3 heteroatoms. The van der Waals surface area contributed by atoms with Gasteiger partial charge in [-0.15, -0.1) is 0 Å². The molecule has 156 valence electrons. The number of unbranched alkanes of at least 4 members (excludes halogenated alkanes) is 15. The summed E-state index contributed by atoms with van der Waals surface area (Å²) < 4.78 is 10.2. The molecule has 0 aromatic rings. The molecule has 0 aliphatic rings. The number of hydrogen-bond donors (Lipinski definition) is 0. The van der Waals surface area contributed by atoms with Gasteiger partial charge in [-0.2, -0.15) is 0 Å². The van der Waals surface area contributed by atoms with E-state index in [1.807, 2.05) is 6.92 Å². The van der Waals surface area contributed by atoms with Crippen LogP contribution in [0.25, 0.3) is 0 Å². The van der Waals surface area contributed by atoms with Gasteiger partial charge < -0.3 is 9.47 Å². The lowest BCUT2D eigenvalue weighted by Gasteiger charge is -2.09. The summed E-state index contributed by atoms with van der Waals surface area (Å²) in [7, 11) is 1.43. The van der Waals surface area contributed by atoms with E-state index < -0.39 is 0 Å². The second-order valence-corrected chi connectivity index (χ2v) is 7.80. The second kappa shape index (κ2) is 20.7. The zero-order chi connectivity index (χ0) is 19.3. The number of rotatable bonds is 20. The average molecular weight is 371 g/mol. The van der Waals surface area contributed by atoms with Crippen LogP contribution in [-0.2, 0) is 14.3 Å². The van der Waals surface area contributed by atoms with Gasteiger partial charge in [-0.1, -0.05) is 103 Å². The minimum Gasteiger partial charge on any atom is -0.469 e. The van der Waals surface area contributed by atoms with Gasteiger partial charge in [0.15, 0.2) is 0 Å². The fraction of sp³-hybridized carbons (Fsp3) is 0.957. The van der Waals surface area contributed by atoms with E-state index in [0.29, 0.717) is 6.61 Å². The third-order valence-corrected chi connectivity index (χ3v) is 5.11. The zero-order valence-corrected chi connectivity index (χ0v) is 18.0. The molecule has 0 fully saturated rings. The van der Waals surface area contributed by atoms with Crippen molar-refractivity contribution in [1.29, 1.82) is 0 Å². The van der Waals surface area contributed by atoms with Crippen LogP contribution in [0.15, 0.2) is 0 Å². The molecule has 1 atom stereocenters. The zero-order valence-electron chi connectivity index (χ0n) is 18.0. The molecule has 26 heavy (non-hydrogen) atoms. The van der Waals surface area contributed by atoms with Gasteiger partial charge in [0.2, 0.25) is 0 Å². The number of esters is 1. The van der Waals surface area contributed by atoms with Crippen molar-refractivity contribution >= 4 is 5.97 Å². The van der Waals surface area contributed by atoms with Crippen molar-refractivity contribution in [3.8, 4) is 0 Å². The van der Waals surface area contributed by atoms with Crippen LogP contribution in [0.4, 0.5) is 0 Å². The minimum atomic E-state index is -0.183. The molecule has 0 amide bonds. The summed E-state index contributed by atoms with van der Waals surface area (Å²) in [6.07, 6.45) is 22.1. The first-order valence-corrected chi connectivity index (χ1v) is 11.4. The third-order valence-electron chi connectivity index (χ3n) is 5.11. The quantitative estimate of drug-likeness (QED) is 0.170. The van der Waals surface area contributed by atoms with Crippen LogP contribution in [0, 0.1) is 5.92 Å². The van der Waals surface area contributed by atoms with Gasteiger partial charge in [-0.05, 0) is 13.3 Å². The second-order valence-electron chi connectivity index (χ2n) is 7.80. The molecule has 1 unspecified atom stereocenters. The first-order chi connectivity index (χ1) is 12.7. The Morgan fingerprint density at radius 3 is 1.46 bits per heavy atom. The lowest BCUT2D eigenvalue weighted by molar-refractivity contribution is -0.146. The highest BCUT2D eigenvalue weighted by Crippen LogP contribution is 2.13. The van der Waals surface area contributed by atoms with Crippen molar-refractivity contribution in [2.75, 3.05) is 20.3 Å². The summed E-state index contributed by atoms with van der Waals surface area (Å²) >= 11 is 0. The molecule has 0 heterocycles. The maximum Gasteiger partial charge on any atom is 0.310 e. The van der Waals surface area contributed by atoms with Gasteiger partial charge in [0, 0.05) is 6.61 Å². The molecule has 0 saturated carbocycles. The summed E-state index contributed by atoms with van der Waals surface area (Å²) in [5.41, 5.74) is 0. The molecule has 0 aromatic heterocycles. The van der Waals surface area contributed by atoms with E-state index in [4.69, 9.17) is 4.74 Å².